The van der Waals surface area contributed by atoms with Crippen molar-refractivity contribution in [1.29, 1.82) is 0 Å². The number of benzene rings is 2. The molecule has 2 amide bonds. The SMILES string of the molecule is COC(=O)Nc1ccc(-c2ccc(O)c3c2C[C@H]2C[C@H]4CC(O)=C(C(N)=O)C(=O)[C@@]4(O)C(O)=C2C3=O)cc1. The molecule has 0 fully saturated rings. The zero-order valence-electron chi connectivity index (χ0n) is 20.1. The first-order valence-corrected chi connectivity index (χ1v) is 11.8. The Balaban J connectivity index is 1.60. The highest BCUT2D eigenvalue weighted by atomic mass is 16.5. The number of nitrogens with two attached hydrogens (primary N) is 1. The van der Waals surface area contributed by atoms with E-state index in [1.165, 1.54) is 13.2 Å². The molecule has 5 rings (SSSR count). The van der Waals surface area contributed by atoms with Gasteiger partial charge in [0.05, 0.1) is 12.7 Å². The van der Waals surface area contributed by atoms with Crippen LogP contribution in [0.4, 0.5) is 10.5 Å². The summed E-state index contributed by atoms with van der Waals surface area (Å²) in [5.74, 6) is -6.73. The van der Waals surface area contributed by atoms with Gasteiger partial charge >= 0.3 is 6.09 Å². The van der Waals surface area contributed by atoms with Crippen LogP contribution >= 0.6 is 0 Å². The van der Waals surface area contributed by atoms with E-state index in [0.717, 1.165) is 0 Å². The number of nitrogens with one attached hydrogen (secondary N) is 1. The van der Waals surface area contributed by atoms with Gasteiger partial charge < -0.3 is 30.9 Å². The maximum absolute atomic E-state index is 13.7. The van der Waals surface area contributed by atoms with Crippen LogP contribution in [0.5, 0.6) is 5.75 Å². The number of phenols is 1. The number of anilines is 1. The monoisotopic (exact) mass is 520 g/mol. The highest BCUT2D eigenvalue weighted by Crippen LogP contribution is 2.52. The fraction of sp³-hybridized carbons (Fsp3) is 0.259. The number of Topliss-reactive ketones (excluding diaryl/α,β-unsaturated/α-hetero) is 2. The number of amides is 2. The number of primary amides is 1. The van der Waals surface area contributed by atoms with Crippen molar-refractivity contribution in [1.82, 2.24) is 0 Å². The molecular formula is C27H24N2O9. The Hall–Kier alpha value is -4.64. The lowest BCUT2D eigenvalue weighted by Gasteiger charge is -2.45. The topological polar surface area (TPSA) is 196 Å². The predicted molar refractivity (Wildman–Crippen MR) is 132 cm³/mol. The molecule has 3 aliphatic rings. The van der Waals surface area contributed by atoms with Gasteiger partial charge in [-0.2, -0.15) is 0 Å². The van der Waals surface area contributed by atoms with E-state index in [9.17, 15) is 39.6 Å². The standard InChI is InChI=1S/C27H24N2O9/c1-38-26(36)29-14-4-2-11(3-5-14)15-6-7-17(30)20-16(15)9-12-8-13-10-18(31)21(25(28)35)24(34)27(13,37)23(33)19(12)22(20)32/h2-7,12-13,30-31,33,37H,8-10H2,1H3,(H2,28,35)(H,29,36)/t12-,13+,27+/m1/s1. The molecule has 11 heteroatoms. The van der Waals surface area contributed by atoms with Crippen LogP contribution in [0.15, 0.2) is 59.1 Å². The summed E-state index contributed by atoms with van der Waals surface area (Å²) in [7, 11) is 1.24. The van der Waals surface area contributed by atoms with Crippen LogP contribution in [0.3, 0.4) is 0 Å². The maximum atomic E-state index is 13.7. The molecule has 0 saturated heterocycles. The van der Waals surface area contributed by atoms with E-state index in [2.05, 4.69) is 10.1 Å². The van der Waals surface area contributed by atoms with Crippen molar-refractivity contribution in [3.8, 4) is 16.9 Å². The highest BCUT2D eigenvalue weighted by Gasteiger charge is 2.59. The van der Waals surface area contributed by atoms with E-state index in [0.29, 0.717) is 22.4 Å². The van der Waals surface area contributed by atoms with Crippen LogP contribution in [-0.2, 0) is 20.7 Å². The van der Waals surface area contributed by atoms with E-state index >= 15 is 0 Å². The van der Waals surface area contributed by atoms with Crippen LogP contribution < -0.4 is 11.1 Å². The summed E-state index contributed by atoms with van der Waals surface area (Å²) < 4.78 is 4.58. The van der Waals surface area contributed by atoms with Crippen LogP contribution in [0.25, 0.3) is 11.1 Å². The molecule has 2 aromatic carbocycles. The smallest absolute Gasteiger partial charge is 0.411 e. The molecule has 0 aliphatic heterocycles. The van der Waals surface area contributed by atoms with Gasteiger partial charge in [-0.3, -0.25) is 19.7 Å². The molecule has 0 bridgehead atoms. The number of hydrogen-bond acceptors (Lipinski definition) is 9. The van der Waals surface area contributed by atoms with Gasteiger partial charge in [0.2, 0.25) is 5.78 Å². The first kappa shape index (κ1) is 25.0. The first-order chi connectivity index (χ1) is 18.0. The molecule has 0 saturated carbocycles. The number of aromatic hydroxyl groups is 1. The zero-order valence-corrected chi connectivity index (χ0v) is 20.1. The fourth-order valence-electron chi connectivity index (χ4n) is 5.79. The van der Waals surface area contributed by atoms with Crippen molar-refractivity contribution >= 4 is 29.3 Å². The second kappa shape index (κ2) is 8.73. The summed E-state index contributed by atoms with van der Waals surface area (Å²) in [4.78, 5) is 49.9. The Morgan fingerprint density at radius 3 is 2.37 bits per heavy atom. The summed E-state index contributed by atoms with van der Waals surface area (Å²) in [6.45, 7) is 0. The minimum Gasteiger partial charge on any atom is -0.511 e. The second-order valence-corrected chi connectivity index (χ2v) is 9.59. The number of hydrogen-bond donors (Lipinski definition) is 6. The summed E-state index contributed by atoms with van der Waals surface area (Å²) in [6, 6.07) is 9.72. The van der Waals surface area contributed by atoms with Crippen molar-refractivity contribution in [2.45, 2.75) is 24.9 Å². The number of phenolic OH excluding ortho intramolecular Hbond substituents is 1. The Morgan fingerprint density at radius 1 is 1.05 bits per heavy atom. The van der Waals surface area contributed by atoms with Crippen molar-refractivity contribution in [2.24, 2.45) is 17.6 Å². The molecule has 3 aliphatic carbocycles. The number of allylic oxidation sites excluding steroid dienone is 2. The number of aliphatic hydroxyl groups is 3. The van der Waals surface area contributed by atoms with Gasteiger partial charge in [0, 0.05) is 23.6 Å². The average molecular weight is 520 g/mol. The maximum Gasteiger partial charge on any atom is 0.411 e. The summed E-state index contributed by atoms with van der Waals surface area (Å²) >= 11 is 0. The molecule has 3 atom stereocenters. The van der Waals surface area contributed by atoms with Crippen LogP contribution in [-0.4, -0.2) is 56.7 Å². The van der Waals surface area contributed by atoms with E-state index in [-0.39, 0.29) is 36.1 Å². The van der Waals surface area contributed by atoms with E-state index < -0.39 is 58.1 Å². The van der Waals surface area contributed by atoms with Gasteiger partial charge in [0.1, 0.15) is 22.8 Å². The molecule has 196 valence electrons. The predicted octanol–water partition coefficient (Wildman–Crippen LogP) is 2.43. The molecule has 38 heavy (non-hydrogen) atoms. The average Bonchev–Trinajstić information content (AvgIpc) is 2.86. The van der Waals surface area contributed by atoms with E-state index in [1.807, 2.05) is 0 Å². The molecule has 11 nitrogen and oxygen atoms in total. The van der Waals surface area contributed by atoms with Crippen molar-refractivity contribution < 1.29 is 44.3 Å². The van der Waals surface area contributed by atoms with Crippen molar-refractivity contribution in [2.75, 3.05) is 12.4 Å². The third kappa shape index (κ3) is 3.54. The molecule has 0 unspecified atom stereocenters. The van der Waals surface area contributed by atoms with Gasteiger partial charge in [-0.25, -0.2) is 4.79 Å². The second-order valence-electron chi connectivity index (χ2n) is 9.59. The van der Waals surface area contributed by atoms with Gasteiger partial charge in [0.25, 0.3) is 5.91 Å². The molecule has 7 N–H and O–H groups in total. The molecular weight excluding hydrogens is 496 g/mol. The number of fused-ring (bicyclic) bond motifs is 3. The van der Waals surface area contributed by atoms with Gasteiger partial charge in [-0.15, -0.1) is 0 Å². The van der Waals surface area contributed by atoms with Crippen molar-refractivity contribution in [3.63, 3.8) is 0 Å². The summed E-state index contributed by atoms with van der Waals surface area (Å²) in [5, 5.41) is 45.9. The molecule has 2 aromatic rings. The van der Waals surface area contributed by atoms with Crippen LogP contribution in [0.2, 0.25) is 0 Å². The lowest BCUT2D eigenvalue weighted by Crippen LogP contribution is -2.57. The molecule has 0 radical (unpaired) electrons. The van der Waals surface area contributed by atoms with Gasteiger partial charge in [-0.1, -0.05) is 18.2 Å². The number of rotatable bonds is 3. The Morgan fingerprint density at radius 2 is 1.74 bits per heavy atom. The largest absolute Gasteiger partial charge is 0.511 e. The van der Waals surface area contributed by atoms with Crippen LogP contribution in [0, 0.1) is 11.8 Å². The van der Waals surface area contributed by atoms with Crippen molar-refractivity contribution in [3.05, 3.63) is 70.2 Å². The third-order valence-corrected chi connectivity index (χ3v) is 7.57. The van der Waals surface area contributed by atoms with Crippen LogP contribution in [0.1, 0.15) is 28.8 Å². The lowest BCUT2D eigenvalue weighted by atomic mass is 9.60. The van der Waals surface area contributed by atoms with Gasteiger partial charge in [-0.05, 0) is 53.6 Å². The Bertz CT molecular complexity index is 1490. The Kier molecular flexibility index (Phi) is 5.75. The highest BCUT2D eigenvalue weighted by molar-refractivity contribution is 6.24. The third-order valence-electron chi connectivity index (χ3n) is 7.57. The normalized spacial score (nSPS) is 24.4. The minimum atomic E-state index is -2.61. The summed E-state index contributed by atoms with van der Waals surface area (Å²) in [5.41, 5.74) is 3.81. The quantitative estimate of drug-likeness (QED) is 0.329. The fourth-order valence-corrected chi connectivity index (χ4v) is 5.79. The number of carbonyl (C=O) groups is 4. The first-order valence-electron chi connectivity index (χ1n) is 11.8. The Labute approximate surface area is 215 Å². The molecule has 0 heterocycles. The zero-order chi connectivity index (χ0) is 27.5. The molecule has 0 aromatic heterocycles. The number of ether oxygens (including phenoxy) is 1. The van der Waals surface area contributed by atoms with E-state index in [1.54, 1.807) is 30.3 Å². The molecule has 0 spiro atoms. The lowest BCUT2D eigenvalue weighted by molar-refractivity contribution is -0.144. The number of methoxy groups -OCH3 is 1. The number of aliphatic hydroxyl groups excluding tert-OH is 2. The minimum absolute atomic E-state index is 0.0417. The number of ketones is 2. The summed E-state index contributed by atoms with van der Waals surface area (Å²) in [6.07, 6.45) is -0.705. The van der Waals surface area contributed by atoms with Gasteiger partial charge in [0.15, 0.2) is 11.4 Å². The van der Waals surface area contributed by atoms with E-state index in [4.69, 9.17) is 5.73 Å². The number of carbonyl (C=O) groups excluding carboxylic acids is 4.